The van der Waals surface area contributed by atoms with Gasteiger partial charge in [-0.2, -0.15) is 0 Å². The minimum atomic E-state index is 0.227. The second kappa shape index (κ2) is 3.30. The smallest absolute Gasteiger partial charge is 0.235 e. The SMILES string of the molecule is COc1nccnc1C1CCC1N. The highest BCUT2D eigenvalue weighted by molar-refractivity contribution is 5.25. The maximum Gasteiger partial charge on any atom is 0.235 e. The van der Waals surface area contributed by atoms with Crippen LogP contribution >= 0.6 is 0 Å². The first kappa shape index (κ1) is 8.44. The molecule has 0 aliphatic heterocycles. The Hall–Kier alpha value is -1.16. The molecule has 0 saturated heterocycles. The summed E-state index contributed by atoms with van der Waals surface area (Å²) in [5.41, 5.74) is 6.76. The summed E-state index contributed by atoms with van der Waals surface area (Å²) in [7, 11) is 1.61. The van der Waals surface area contributed by atoms with Crippen molar-refractivity contribution in [1.29, 1.82) is 0 Å². The Balaban J connectivity index is 2.28. The van der Waals surface area contributed by atoms with Gasteiger partial charge in [0, 0.05) is 24.4 Å². The van der Waals surface area contributed by atoms with Crippen LogP contribution < -0.4 is 10.5 Å². The average molecular weight is 179 g/mol. The molecule has 13 heavy (non-hydrogen) atoms. The van der Waals surface area contributed by atoms with Gasteiger partial charge in [0.25, 0.3) is 0 Å². The van der Waals surface area contributed by atoms with E-state index in [0.29, 0.717) is 11.8 Å². The predicted molar refractivity (Wildman–Crippen MR) is 48.5 cm³/mol. The molecule has 1 aliphatic carbocycles. The van der Waals surface area contributed by atoms with Crippen molar-refractivity contribution in [2.24, 2.45) is 5.73 Å². The minimum Gasteiger partial charge on any atom is -0.480 e. The zero-order valence-electron chi connectivity index (χ0n) is 7.60. The van der Waals surface area contributed by atoms with Crippen LogP contribution in [0.3, 0.4) is 0 Å². The Labute approximate surface area is 77.1 Å². The molecule has 1 saturated carbocycles. The van der Waals surface area contributed by atoms with Gasteiger partial charge in [0.1, 0.15) is 5.69 Å². The van der Waals surface area contributed by atoms with Crippen LogP contribution in [0.5, 0.6) is 5.88 Å². The number of hydrogen-bond acceptors (Lipinski definition) is 4. The summed E-state index contributed by atoms with van der Waals surface area (Å²) in [6.07, 6.45) is 5.48. The van der Waals surface area contributed by atoms with E-state index in [4.69, 9.17) is 10.5 Å². The van der Waals surface area contributed by atoms with Crippen LogP contribution in [-0.2, 0) is 0 Å². The first-order valence-electron chi connectivity index (χ1n) is 4.43. The average Bonchev–Trinajstić information content (AvgIpc) is 2.16. The fourth-order valence-electron chi connectivity index (χ4n) is 1.61. The van der Waals surface area contributed by atoms with E-state index < -0.39 is 0 Å². The highest BCUT2D eigenvalue weighted by atomic mass is 16.5. The summed E-state index contributed by atoms with van der Waals surface area (Å²) in [6.45, 7) is 0. The molecule has 2 unspecified atom stereocenters. The van der Waals surface area contributed by atoms with Gasteiger partial charge < -0.3 is 10.5 Å². The van der Waals surface area contributed by atoms with Gasteiger partial charge in [-0.1, -0.05) is 0 Å². The number of aromatic nitrogens is 2. The van der Waals surface area contributed by atoms with Gasteiger partial charge in [0.05, 0.1) is 7.11 Å². The van der Waals surface area contributed by atoms with E-state index in [-0.39, 0.29) is 6.04 Å². The van der Waals surface area contributed by atoms with Crippen LogP contribution in [0.25, 0.3) is 0 Å². The Morgan fingerprint density at radius 3 is 2.69 bits per heavy atom. The molecule has 4 nitrogen and oxygen atoms in total. The Morgan fingerprint density at radius 2 is 2.15 bits per heavy atom. The molecule has 1 aromatic heterocycles. The van der Waals surface area contributed by atoms with Crippen molar-refractivity contribution in [2.75, 3.05) is 7.11 Å². The molecule has 70 valence electrons. The van der Waals surface area contributed by atoms with E-state index >= 15 is 0 Å². The molecule has 4 heteroatoms. The number of methoxy groups -OCH3 is 1. The van der Waals surface area contributed by atoms with E-state index in [0.717, 1.165) is 18.5 Å². The zero-order chi connectivity index (χ0) is 9.26. The zero-order valence-corrected chi connectivity index (χ0v) is 7.60. The summed E-state index contributed by atoms with van der Waals surface area (Å²) < 4.78 is 5.12. The van der Waals surface area contributed by atoms with Gasteiger partial charge in [-0.3, -0.25) is 4.98 Å². The van der Waals surface area contributed by atoms with E-state index in [1.165, 1.54) is 0 Å². The quantitative estimate of drug-likeness (QED) is 0.725. The van der Waals surface area contributed by atoms with Crippen molar-refractivity contribution in [3.8, 4) is 5.88 Å². The molecule has 2 atom stereocenters. The number of rotatable bonds is 2. The van der Waals surface area contributed by atoms with Crippen molar-refractivity contribution in [2.45, 2.75) is 24.8 Å². The third-order valence-corrected chi connectivity index (χ3v) is 2.56. The summed E-state index contributed by atoms with van der Waals surface area (Å²) >= 11 is 0. The number of nitrogens with zero attached hydrogens (tertiary/aromatic N) is 2. The molecule has 1 aromatic rings. The van der Waals surface area contributed by atoms with Gasteiger partial charge >= 0.3 is 0 Å². The molecule has 1 aliphatic rings. The van der Waals surface area contributed by atoms with Crippen molar-refractivity contribution in [1.82, 2.24) is 9.97 Å². The van der Waals surface area contributed by atoms with Gasteiger partial charge in [0.15, 0.2) is 0 Å². The lowest BCUT2D eigenvalue weighted by atomic mass is 9.78. The molecule has 0 radical (unpaired) electrons. The molecular weight excluding hydrogens is 166 g/mol. The molecular formula is C9H13N3O. The highest BCUT2D eigenvalue weighted by Gasteiger charge is 2.32. The minimum absolute atomic E-state index is 0.227. The monoisotopic (exact) mass is 179 g/mol. The predicted octanol–water partition coefficient (Wildman–Crippen LogP) is 0.690. The summed E-state index contributed by atoms with van der Waals surface area (Å²) in [5.74, 6) is 0.950. The topological polar surface area (TPSA) is 61.0 Å². The van der Waals surface area contributed by atoms with Crippen LogP contribution in [0.4, 0.5) is 0 Å². The van der Waals surface area contributed by atoms with E-state index in [9.17, 15) is 0 Å². The van der Waals surface area contributed by atoms with Gasteiger partial charge in [-0.15, -0.1) is 0 Å². The van der Waals surface area contributed by atoms with Crippen LogP contribution in [0.1, 0.15) is 24.5 Å². The van der Waals surface area contributed by atoms with Crippen molar-refractivity contribution < 1.29 is 4.74 Å². The second-order valence-electron chi connectivity index (χ2n) is 3.30. The largest absolute Gasteiger partial charge is 0.480 e. The fraction of sp³-hybridized carbons (Fsp3) is 0.556. The Morgan fingerprint density at radius 1 is 1.38 bits per heavy atom. The third kappa shape index (κ3) is 1.37. The van der Waals surface area contributed by atoms with Gasteiger partial charge in [0.2, 0.25) is 5.88 Å². The molecule has 1 fully saturated rings. The van der Waals surface area contributed by atoms with Crippen molar-refractivity contribution in [3.05, 3.63) is 18.1 Å². The van der Waals surface area contributed by atoms with E-state index in [2.05, 4.69) is 9.97 Å². The fourth-order valence-corrected chi connectivity index (χ4v) is 1.61. The number of nitrogens with two attached hydrogens (primary N) is 1. The molecule has 2 N–H and O–H groups in total. The molecule has 0 amide bonds. The Bertz CT molecular complexity index is 303. The van der Waals surface area contributed by atoms with Crippen molar-refractivity contribution >= 4 is 0 Å². The first-order chi connectivity index (χ1) is 6.33. The van der Waals surface area contributed by atoms with Crippen LogP contribution in [0.2, 0.25) is 0 Å². The molecule has 0 bridgehead atoms. The number of ether oxygens (including phenoxy) is 1. The van der Waals surface area contributed by atoms with Crippen LogP contribution in [-0.4, -0.2) is 23.1 Å². The first-order valence-corrected chi connectivity index (χ1v) is 4.43. The van der Waals surface area contributed by atoms with E-state index in [1.807, 2.05) is 0 Å². The summed E-state index contributed by atoms with van der Waals surface area (Å²) in [4.78, 5) is 8.35. The highest BCUT2D eigenvalue weighted by Crippen LogP contribution is 2.37. The molecule has 1 heterocycles. The second-order valence-corrected chi connectivity index (χ2v) is 3.30. The molecule has 2 rings (SSSR count). The molecule has 0 aromatic carbocycles. The maximum atomic E-state index is 5.86. The lowest BCUT2D eigenvalue weighted by molar-refractivity contribution is 0.316. The van der Waals surface area contributed by atoms with Crippen LogP contribution in [0, 0.1) is 0 Å². The maximum absolute atomic E-state index is 5.86. The lowest BCUT2D eigenvalue weighted by Crippen LogP contribution is -2.38. The van der Waals surface area contributed by atoms with Crippen LogP contribution in [0.15, 0.2) is 12.4 Å². The lowest BCUT2D eigenvalue weighted by Gasteiger charge is -2.33. The summed E-state index contributed by atoms with van der Waals surface area (Å²) in [5, 5.41) is 0. The molecule has 0 spiro atoms. The normalized spacial score (nSPS) is 26.6. The third-order valence-electron chi connectivity index (χ3n) is 2.56. The van der Waals surface area contributed by atoms with Crippen molar-refractivity contribution in [3.63, 3.8) is 0 Å². The summed E-state index contributed by atoms with van der Waals surface area (Å²) in [6, 6.07) is 0.227. The van der Waals surface area contributed by atoms with E-state index in [1.54, 1.807) is 19.5 Å². The Kier molecular flexibility index (Phi) is 2.14. The van der Waals surface area contributed by atoms with Gasteiger partial charge in [-0.25, -0.2) is 4.98 Å². The number of hydrogen-bond donors (Lipinski definition) is 1. The standard InChI is InChI=1S/C9H13N3O/c1-13-9-8(11-4-5-12-9)6-2-3-7(6)10/h4-7H,2-3,10H2,1H3. The van der Waals surface area contributed by atoms with Gasteiger partial charge in [-0.05, 0) is 12.8 Å².